The van der Waals surface area contributed by atoms with E-state index >= 15 is 0 Å². The Hall–Kier alpha value is -1.36. The van der Waals surface area contributed by atoms with E-state index < -0.39 is 0 Å². The Labute approximate surface area is 114 Å². The van der Waals surface area contributed by atoms with Gasteiger partial charge in [0.1, 0.15) is 18.8 Å². The summed E-state index contributed by atoms with van der Waals surface area (Å²) >= 11 is 0. The van der Waals surface area contributed by atoms with Crippen LogP contribution >= 0.6 is 0 Å². The highest BCUT2D eigenvalue weighted by atomic mass is 16.5. The predicted molar refractivity (Wildman–Crippen MR) is 74.7 cm³/mol. The fourth-order valence-electron chi connectivity index (χ4n) is 2.27. The van der Waals surface area contributed by atoms with Crippen LogP contribution in [-0.4, -0.2) is 35.8 Å². The second-order valence-corrected chi connectivity index (χ2v) is 4.69. The lowest BCUT2D eigenvalue weighted by Gasteiger charge is -2.23. The molecule has 0 bridgehead atoms. The third-order valence-electron chi connectivity index (χ3n) is 3.28. The third-order valence-corrected chi connectivity index (χ3v) is 3.28. The molecule has 5 nitrogen and oxygen atoms in total. The molecular formula is C14H23N3O2. The van der Waals surface area contributed by atoms with E-state index in [0.29, 0.717) is 12.5 Å². The lowest BCUT2D eigenvalue weighted by Crippen LogP contribution is -2.26. The van der Waals surface area contributed by atoms with Gasteiger partial charge >= 0.3 is 0 Å². The van der Waals surface area contributed by atoms with Crippen molar-refractivity contribution >= 4 is 5.82 Å². The first-order chi connectivity index (χ1) is 9.35. The largest absolute Gasteiger partial charge is 0.475 e. The van der Waals surface area contributed by atoms with Crippen LogP contribution in [0.2, 0.25) is 0 Å². The molecule has 1 atom stereocenters. The van der Waals surface area contributed by atoms with E-state index in [1.165, 1.54) is 6.42 Å². The van der Waals surface area contributed by atoms with Crippen LogP contribution in [0, 0.1) is 0 Å². The predicted octanol–water partition coefficient (Wildman–Crippen LogP) is 2.42. The SMILES string of the molecule is CCNc1ncnc(OCC2CCCCO2)c1CC. The quantitative estimate of drug-likeness (QED) is 0.856. The van der Waals surface area contributed by atoms with E-state index in [1.54, 1.807) is 6.33 Å². The molecule has 0 radical (unpaired) electrons. The highest BCUT2D eigenvalue weighted by Crippen LogP contribution is 2.23. The van der Waals surface area contributed by atoms with E-state index in [2.05, 4.69) is 29.1 Å². The molecule has 1 aliphatic heterocycles. The zero-order chi connectivity index (χ0) is 13.5. The maximum atomic E-state index is 5.84. The number of aromatic nitrogens is 2. The van der Waals surface area contributed by atoms with Crippen LogP contribution in [0.5, 0.6) is 5.88 Å². The Balaban J connectivity index is 2.00. The Morgan fingerprint density at radius 2 is 2.26 bits per heavy atom. The maximum absolute atomic E-state index is 5.84. The summed E-state index contributed by atoms with van der Waals surface area (Å²) in [4.78, 5) is 8.51. The van der Waals surface area contributed by atoms with Gasteiger partial charge in [-0.1, -0.05) is 6.92 Å². The molecule has 1 N–H and O–H groups in total. The molecule has 1 aliphatic rings. The fourth-order valence-corrected chi connectivity index (χ4v) is 2.27. The number of anilines is 1. The number of hydrogen-bond donors (Lipinski definition) is 1. The molecule has 0 spiro atoms. The van der Waals surface area contributed by atoms with Gasteiger partial charge in [0.15, 0.2) is 0 Å². The maximum Gasteiger partial charge on any atom is 0.221 e. The van der Waals surface area contributed by atoms with Crippen molar-refractivity contribution in [2.24, 2.45) is 0 Å². The van der Waals surface area contributed by atoms with Crippen molar-refractivity contribution in [2.75, 3.05) is 25.1 Å². The average Bonchev–Trinajstić information content (AvgIpc) is 2.46. The molecule has 1 saturated heterocycles. The standard InChI is InChI=1S/C14H23N3O2/c1-3-12-13(15-4-2)16-10-17-14(12)19-9-11-7-5-6-8-18-11/h10-11H,3-9H2,1-2H3,(H,15,16,17). The van der Waals surface area contributed by atoms with E-state index in [4.69, 9.17) is 9.47 Å². The van der Waals surface area contributed by atoms with Gasteiger partial charge in [0.2, 0.25) is 5.88 Å². The highest BCUT2D eigenvalue weighted by molar-refractivity contribution is 5.48. The summed E-state index contributed by atoms with van der Waals surface area (Å²) in [5, 5.41) is 3.24. The fraction of sp³-hybridized carbons (Fsp3) is 0.714. The smallest absolute Gasteiger partial charge is 0.221 e. The summed E-state index contributed by atoms with van der Waals surface area (Å²) in [5.41, 5.74) is 1.04. The van der Waals surface area contributed by atoms with Gasteiger partial charge < -0.3 is 14.8 Å². The molecule has 106 valence electrons. The van der Waals surface area contributed by atoms with Crippen molar-refractivity contribution < 1.29 is 9.47 Å². The van der Waals surface area contributed by atoms with Gasteiger partial charge in [-0.2, -0.15) is 0 Å². The van der Waals surface area contributed by atoms with Gasteiger partial charge in [-0.05, 0) is 32.6 Å². The van der Waals surface area contributed by atoms with E-state index in [-0.39, 0.29) is 6.10 Å². The molecule has 1 fully saturated rings. The van der Waals surface area contributed by atoms with Gasteiger partial charge in [0.05, 0.1) is 11.7 Å². The first-order valence-electron chi connectivity index (χ1n) is 7.17. The van der Waals surface area contributed by atoms with Gasteiger partial charge in [-0.3, -0.25) is 0 Å². The van der Waals surface area contributed by atoms with Crippen molar-refractivity contribution in [3.63, 3.8) is 0 Å². The van der Waals surface area contributed by atoms with E-state index in [9.17, 15) is 0 Å². The van der Waals surface area contributed by atoms with Crippen LogP contribution in [0.15, 0.2) is 6.33 Å². The Morgan fingerprint density at radius 3 is 2.95 bits per heavy atom. The monoisotopic (exact) mass is 265 g/mol. The second-order valence-electron chi connectivity index (χ2n) is 4.69. The lowest BCUT2D eigenvalue weighted by molar-refractivity contribution is -0.0121. The summed E-state index contributed by atoms with van der Waals surface area (Å²) < 4.78 is 11.5. The zero-order valence-corrected chi connectivity index (χ0v) is 11.8. The molecule has 0 saturated carbocycles. The zero-order valence-electron chi connectivity index (χ0n) is 11.8. The van der Waals surface area contributed by atoms with Gasteiger partial charge in [-0.25, -0.2) is 9.97 Å². The van der Waals surface area contributed by atoms with E-state index in [0.717, 1.165) is 43.8 Å². The van der Waals surface area contributed by atoms with Crippen LogP contribution in [0.4, 0.5) is 5.82 Å². The number of rotatable bonds is 6. The molecule has 1 aromatic heterocycles. The van der Waals surface area contributed by atoms with Crippen LogP contribution < -0.4 is 10.1 Å². The van der Waals surface area contributed by atoms with E-state index in [1.807, 2.05) is 0 Å². The Kier molecular flexibility index (Phi) is 5.39. The van der Waals surface area contributed by atoms with Crippen molar-refractivity contribution in [1.82, 2.24) is 9.97 Å². The van der Waals surface area contributed by atoms with Crippen molar-refractivity contribution in [3.05, 3.63) is 11.9 Å². The first kappa shape index (κ1) is 14.1. The van der Waals surface area contributed by atoms with Crippen LogP contribution in [0.1, 0.15) is 38.7 Å². The second kappa shape index (κ2) is 7.28. The minimum atomic E-state index is 0.205. The van der Waals surface area contributed by atoms with Crippen LogP contribution in [0.25, 0.3) is 0 Å². The normalized spacial score (nSPS) is 19.2. The molecular weight excluding hydrogens is 242 g/mol. The minimum absolute atomic E-state index is 0.205. The van der Waals surface area contributed by atoms with Crippen molar-refractivity contribution in [2.45, 2.75) is 45.6 Å². The highest BCUT2D eigenvalue weighted by Gasteiger charge is 2.16. The van der Waals surface area contributed by atoms with Gasteiger partial charge in [0, 0.05) is 13.2 Å². The third kappa shape index (κ3) is 3.80. The van der Waals surface area contributed by atoms with Crippen molar-refractivity contribution in [3.8, 4) is 5.88 Å². The molecule has 2 heterocycles. The first-order valence-corrected chi connectivity index (χ1v) is 7.17. The molecule has 2 rings (SSSR count). The number of ether oxygens (including phenoxy) is 2. The molecule has 1 aromatic rings. The minimum Gasteiger partial charge on any atom is -0.475 e. The molecule has 5 heteroatoms. The number of nitrogens with one attached hydrogen (secondary N) is 1. The Bertz CT molecular complexity index is 392. The number of hydrogen-bond acceptors (Lipinski definition) is 5. The van der Waals surface area contributed by atoms with Crippen LogP contribution in [0.3, 0.4) is 0 Å². The molecule has 1 unspecified atom stereocenters. The summed E-state index contributed by atoms with van der Waals surface area (Å²) in [5.74, 6) is 1.56. The topological polar surface area (TPSA) is 56.3 Å². The number of nitrogens with zero attached hydrogens (tertiary/aromatic N) is 2. The van der Waals surface area contributed by atoms with Crippen LogP contribution in [-0.2, 0) is 11.2 Å². The summed E-state index contributed by atoms with van der Waals surface area (Å²) in [6.07, 6.45) is 6.07. The lowest BCUT2D eigenvalue weighted by atomic mass is 10.1. The summed E-state index contributed by atoms with van der Waals surface area (Å²) in [6.45, 7) is 6.41. The van der Waals surface area contributed by atoms with Crippen molar-refractivity contribution in [1.29, 1.82) is 0 Å². The van der Waals surface area contributed by atoms with Gasteiger partial charge in [-0.15, -0.1) is 0 Å². The molecule has 0 aliphatic carbocycles. The average molecular weight is 265 g/mol. The molecule has 0 aromatic carbocycles. The molecule has 19 heavy (non-hydrogen) atoms. The van der Waals surface area contributed by atoms with Gasteiger partial charge in [0.25, 0.3) is 0 Å². The Morgan fingerprint density at radius 1 is 1.37 bits per heavy atom. The molecule has 0 amide bonds. The summed E-state index contributed by atoms with van der Waals surface area (Å²) in [7, 11) is 0. The summed E-state index contributed by atoms with van der Waals surface area (Å²) in [6, 6.07) is 0.